The Balaban J connectivity index is 2.90. The summed E-state index contributed by atoms with van der Waals surface area (Å²) in [7, 11) is 1.53. The molecule has 0 bridgehead atoms. The van der Waals surface area contributed by atoms with E-state index in [-0.39, 0.29) is 0 Å². The van der Waals surface area contributed by atoms with E-state index in [9.17, 15) is 5.11 Å². The van der Waals surface area contributed by atoms with Gasteiger partial charge in [0.1, 0.15) is 5.75 Å². The summed E-state index contributed by atoms with van der Waals surface area (Å²) in [5.74, 6) is 0.588. The Morgan fingerprint density at radius 2 is 2.33 bits per heavy atom. The fourth-order valence-electron chi connectivity index (χ4n) is 1.32. The molecule has 0 amide bonds. The number of benzene rings is 1. The SMILES string of the molecule is COc1ccc(Cl)cc1C(O)CCC#N. The fraction of sp³-hybridized carbons (Fsp3) is 0.364. The topological polar surface area (TPSA) is 53.2 Å². The Labute approximate surface area is 93.9 Å². The highest BCUT2D eigenvalue weighted by molar-refractivity contribution is 6.30. The number of hydrogen-bond acceptors (Lipinski definition) is 3. The van der Waals surface area contributed by atoms with Gasteiger partial charge in [-0.25, -0.2) is 0 Å². The molecule has 15 heavy (non-hydrogen) atoms. The van der Waals surface area contributed by atoms with Gasteiger partial charge in [-0.05, 0) is 24.6 Å². The third-order valence-corrected chi connectivity index (χ3v) is 2.32. The molecule has 4 heteroatoms. The number of rotatable bonds is 4. The molecular formula is C11H12ClNO2. The molecule has 0 aliphatic carbocycles. The Morgan fingerprint density at radius 3 is 2.93 bits per heavy atom. The van der Waals surface area contributed by atoms with Crippen LogP contribution in [0.2, 0.25) is 5.02 Å². The van der Waals surface area contributed by atoms with Crippen LogP contribution >= 0.6 is 11.6 Å². The molecule has 0 saturated heterocycles. The zero-order chi connectivity index (χ0) is 11.3. The van der Waals surface area contributed by atoms with Crippen LogP contribution in [-0.2, 0) is 0 Å². The van der Waals surface area contributed by atoms with Crippen molar-refractivity contribution in [1.82, 2.24) is 0 Å². The van der Waals surface area contributed by atoms with E-state index in [1.54, 1.807) is 18.2 Å². The second-order valence-electron chi connectivity index (χ2n) is 3.10. The van der Waals surface area contributed by atoms with Crippen molar-refractivity contribution < 1.29 is 9.84 Å². The average Bonchev–Trinajstić information content (AvgIpc) is 2.25. The van der Waals surface area contributed by atoms with E-state index in [0.717, 1.165) is 0 Å². The van der Waals surface area contributed by atoms with Crippen molar-refractivity contribution in [3.05, 3.63) is 28.8 Å². The van der Waals surface area contributed by atoms with Crippen LogP contribution in [0.25, 0.3) is 0 Å². The number of halogens is 1. The number of aliphatic hydroxyl groups is 1. The second-order valence-corrected chi connectivity index (χ2v) is 3.54. The Hall–Kier alpha value is -1.24. The number of ether oxygens (including phenoxy) is 1. The van der Waals surface area contributed by atoms with Gasteiger partial charge in [0, 0.05) is 17.0 Å². The molecule has 80 valence electrons. The van der Waals surface area contributed by atoms with E-state index in [0.29, 0.717) is 29.2 Å². The predicted molar refractivity (Wildman–Crippen MR) is 57.8 cm³/mol. The van der Waals surface area contributed by atoms with Crippen molar-refractivity contribution in [2.45, 2.75) is 18.9 Å². The van der Waals surface area contributed by atoms with E-state index in [4.69, 9.17) is 21.6 Å². The van der Waals surface area contributed by atoms with Crippen molar-refractivity contribution in [3.63, 3.8) is 0 Å². The number of aliphatic hydroxyl groups excluding tert-OH is 1. The first-order valence-electron chi connectivity index (χ1n) is 4.57. The highest BCUT2D eigenvalue weighted by Crippen LogP contribution is 2.30. The van der Waals surface area contributed by atoms with Crippen molar-refractivity contribution >= 4 is 11.6 Å². The minimum absolute atomic E-state index is 0.302. The van der Waals surface area contributed by atoms with Gasteiger partial charge in [0.25, 0.3) is 0 Å². The lowest BCUT2D eigenvalue weighted by molar-refractivity contribution is 0.165. The maximum absolute atomic E-state index is 9.80. The first kappa shape index (κ1) is 11.8. The smallest absolute Gasteiger partial charge is 0.124 e. The summed E-state index contributed by atoms with van der Waals surface area (Å²) in [5, 5.41) is 18.8. The van der Waals surface area contributed by atoms with Crippen LogP contribution < -0.4 is 4.74 Å². The lowest BCUT2D eigenvalue weighted by Gasteiger charge is -2.13. The number of nitriles is 1. The van der Waals surface area contributed by atoms with Gasteiger partial charge in [0.15, 0.2) is 0 Å². The molecule has 1 atom stereocenters. The predicted octanol–water partition coefficient (Wildman–Crippen LogP) is 2.69. The minimum atomic E-state index is -0.710. The number of methoxy groups -OCH3 is 1. The van der Waals surface area contributed by atoms with Gasteiger partial charge < -0.3 is 9.84 Å². The molecular weight excluding hydrogens is 214 g/mol. The molecule has 1 aromatic carbocycles. The molecule has 0 fully saturated rings. The van der Waals surface area contributed by atoms with Crippen LogP contribution in [0.5, 0.6) is 5.75 Å². The maximum atomic E-state index is 9.80. The third-order valence-electron chi connectivity index (χ3n) is 2.08. The first-order chi connectivity index (χ1) is 7.19. The van der Waals surface area contributed by atoms with E-state index < -0.39 is 6.10 Å². The molecule has 1 aromatic rings. The van der Waals surface area contributed by atoms with Crippen LogP contribution in [0.15, 0.2) is 18.2 Å². The molecule has 1 rings (SSSR count). The number of hydrogen-bond donors (Lipinski definition) is 1. The molecule has 0 saturated carbocycles. The highest BCUT2D eigenvalue weighted by Gasteiger charge is 2.13. The molecule has 0 aliphatic heterocycles. The zero-order valence-corrected chi connectivity index (χ0v) is 9.16. The molecule has 3 nitrogen and oxygen atoms in total. The van der Waals surface area contributed by atoms with E-state index in [1.165, 1.54) is 7.11 Å². The summed E-state index contributed by atoms with van der Waals surface area (Å²) in [4.78, 5) is 0. The van der Waals surface area contributed by atoms with E-state index >= 15 is 0 Å². The standard InChI is InChI=1S/C11H12ClNO2/c1-15-11-5-4-8(12)7-9(11)10(14)3-2-6-13/h4-5,7,10,14H,2-3H2,1H3. The second kappa shape index (κ2) is 5.59. The normalized spacial score (nSPS) is 11.9. The van der Waals surface area contributed by atoms with Gasteiger partial charge >= 0.3 is 0 Å². The molecule has 0 heterocycles. The minimum Gasteiger partial charge on any atom is -0.496 e. The van der Waals surface area contributed by atoms with Gasteiger partial charge in [0.05, 0.1) is 19.3 Å². The monoisotopic (exact) mass is 225 g/mol. The van der Waals surface area contributed by atoms with Gasteiger partial charge in [-0.1, -0.05) is 11.6 Å². The summed E-state index contributed by atoms with van der Waals surface area (Å²) < 4.78 is 5.10. The van der Waals surface area contributed by atoms with Crippen molar-refractivity contribution in [1.29, 1.82) is 5.26 Å². The summed E-state index contributed by atoms with van der Waals surface area (Å²) in [6, 6.07) is 7.04. The molecule has 1 N–H and O–H groups in total. The molecule has 1 unspecified atom stereocenters. The Bertz CT molecular complexity index is 373. The third kappa shape index (κ3) is 3.12. The summed E-state index contributed by atoms with van der Waals surface area (Å²) >= 11 is 5.82. The van der Waals surface area contributed by atoms with Crippen LogP contribution in [0.4, 0.5) is 0 Å². The van der Waals surface area contributed by atoms with E-state index in [1.807, 2.05) is 6.07 Å². The molecule has 0 radical (unpaired) electrons. The zero-order valence-electron chi connectivity index (χ0n) is 8.40. The fourth-order valence-corrected chi connectivity index (χ4v) is 1.50. The van der Waals surface area contributed by atoms with Crippen LogP contribution in [-0.4, -0.2) is 12.2 Å². The lowest BCUT2D eigenvalue weighted by Crippen LogP contribution is -2.00. The highest BCUT2D eigenvalue weighted by atomic mass is 35.5. The summed E-state index contributed by atoms with van der Waals surface area (Å²) in [6.07, 6.45) is -0.0253. The number of nitrogens with zero attached hydrogens (tertiary/aromatic N) is 1. The summed E-state index contributed by atoms with van der Waals surface area (Å²) in [6.45, 7) is 0. The first-order valence-corrected chi connectivity index (χ1v) is 4.95. The van der Waals surface area contributed by atoms with Crippen molar-refractivity contribution in [2.24, 2.45) is 0 Å². The van der Waals surface area contributed by atoms with Gasteiger partial charge in [-0.3, -0.25) is 0 Å². The Kier molecular flexibility index (Phi) is 4.41. The van der Waals surface area contributed by atoms with Gasteiger partial charge in [-0.15, -0.1) is 0 Å². The van der Waals surface area contributed by atoms with Crippen LogP contribution in [0.1, 0.15) is 24.5 Å². The van der Waals surface area contributed by atoms with Gasteiger partial charge in [-0.2, -0.15) is 5.26 Å². The average molecular weight is 226 g/mol. The summed E-state index contributed by atoms with van der Waals surface area (Å²) in [5.41, 5.74) is 0.625. The molecule has 0 aliphatic rings. The van der Waals surface area contributed by atoms with Crippen molar-refractivity contribution in [2.75, 3.05) is 7.11 Å². The molecule has 0 aromatic heterocycles. The van der Waals surface area contributed by atoms with Crippen molar-refractivity contribution in [3.8, 4) is 11.8 Å². The quantitative estimate of drug-likeness (QED) is 0.857. The van der Waals surface area contributed by atoms with E-state index in [2.05, 4.69) is 0 Å². The largest absolute Gasteiger partial charge is 0.496 e. The molecule has 0 spiro atoms. The van der Waals surface area contributed by atoms with Gasteiger partial charge in [0.2, 0.25) is 0 Å². The maximum Gasteiger partial charge on any atom is 0.124 e. The Morgan fingerprint density at radius 1 is 1.60 bits per heavy atom. The van der Waals surface area contributed by atoms with Crippen LogP contribution in [0.3, 0.4) is 0 Å². The van der Waals surface area contributed by atoms with Crippen LogP contribution in [0, 0.1) is 11.3 Å². The lowest BCUT2D eigenvalue weighted by atomic mass is 10.0.